The van der Waals surface area contributed by atoms with Crippen molar-refractivity contribution in [1.82, 2.24) is 0 Å². The Morgan fingerprint density at radius 2 is 1.81 bits per heavy atom. The SMILES string of the molecule is COC(=O)c1cccc(NC(=O)CCc2ccc(N3CCCC3)cc2)c1. The fourth-order valence-electron chi connectivity index (χ4n) is 3.17. The second-order valence-electron chi connectivity index (χ2n) is 6.48. The highest BCUT2D eigenvalue weighted by Gasteiger charge is 2.12. The number of esters is 1. The molecule has 0 aliphatic carbocycles. The summed E-state index contributed by atoms with van der Waals surface area (Å²) in [6.07, 6.45) is 3.60. The van der Waals surface area contributed by atoms with Crippen molar-refractivity contribution in [3.63, 3.8) is 0 Å². The molecule has 1 aliphatic rings. The van der Waals surface area contributed by atoms with Gasteiger partial charge in [0.05, 0.1) is 12.7 Å². The molecule has 0 saturated carbocycles. The molecule has 5 heteroatoms. The van der Waals surface area contributed by atoms with Gasteiger partial charge in [0.1, 0.15) is 0 Å². The van der Waals surface area contributed by atoms with Crippen LogP contribution in [0.15, 0.2) is 48.5 Å². The number of hydrogen-bond acceptors (Lipinski definition) is 4. The van der Waals surface area contributed by atoms with Crippen LogP contribution in [0.2, 0.25) is 0 Å². The summed E-state index contributed by atoms with van der Waals surface area (Å²) < 4.78 is 4.69. The summed E-state index contributed by atoms with van der Waals surface area (Å²) in [6, 6.07) is 15.2. The van der Waals surface area contributed by atoms with E-state index in [9.17, 15) is 9.59 Å². The van der Waals surface area contributed by atoms with Gasteiger partial charge in [0.2, 0.25) is 5.91 Å². The standard InChI is InChI=1S/C21H24N2O3/c1-26-21(25)17-5-4-6-18(15-17)22-20(24)12-9-16-7-10-19(11-8-16)23-13-2-3-14-23/h4-8,10-11,15H,2-3,9,12-14H2,1H3,(H,22,24). The molecule has 5 nitrogen and oxygen atoms in total. The van der Waals surface area contributed by atoms with E-state index in [0.717, 1.165) is 18.7 Å². The van der Waals surface area contributed by atoms with Gasteiger partial charge in [-0.05, 0) is 55.2 Å². The zero-order valence-electron chi connectivity index (χ0n) is 15.0. The number of methoxy groups -OCH3 is 1. The van der Waals surface area contributed by atoms with E-state index in [1.54, 1.807) is 24.3 Å². The van der Waals surface area contributed by atoms with Crippen LogP contribution in [-0.4, -0.2) is 32.1 Å². The van der Waals surface area contributed by atoms with Crippen molar-refractivity contribution in [3.8, 4) is 0 Å². The Bertz CT molecular complexity index is 765. The molecule has 1 saturated heterocycles. The summed E-state index contributed by atoms with van der Waals surface area (Å²) in [5, 5.41) is 2.83. The van der Waals surface area contributed by atoms with Crippen LogP contribution in [0.1, 0.15) is 35.2 Å². The summed E-state index contributed by atoms with van der Waals surface area (Å²) in [7, 11) is 1.34. The normalized spacial score (nSPS) is 13.5. The Labute approximate surface area is 154 Å². The second-order valence-corrected chi connectivity index (χ2v) is 6.48. The lowest BCUT2D eigenvalue weighted by atomic mass is 10.1. The molecular weight excluding hydrogens is 328 g/mol. The molecule has 1 aliphatic heterocycles. The first-order valence-corrected chi connectivity index (χ1v) is 8.98. The van der Waals surface area contributed by atoms with Crippen LogP contribution < -0.4 is 10.2 Å². The minimum Gasteiger partial charge on any atom is -0.465 e. The number of nitrogens with one attached hydrogen (secondary N) is 1. The van der Waals surface area contributed by atoms with Crippen LogP contribution in [0, 0.1) is 0 Å². The summed E-state index contributed by atoms with van der Waals surface area (Å²) >= 11 is 0. The molecule has 0 atom stereocenters. The second kappa shape index (κ2) is 8.52. The van der Waals surface area contributed by atoms with Gasteiger partial charge in [0.15, 0.2) is 0 Å². The lowest BCUT2D eigenvalue weighted by molar-refractivity contribution is -0.116. The van der Waals surface area contributed by atoms with Crippen molar-refractivity contribution in [2.75, 3.05) is 30.4 Å². The van der Waals surface area contributed by atoms with E-state index in [-0.39, 0.29) is 5.91 Å². The smallest absolute Gasteiger partial charge is 0.337 e. The summed E-state index contributed by atoms with van der Waals surface area (Å²) in [5.74, 6) is -0.491. The van der Waals surface area contributed by atoms with E-state index in [1.807, 2.05) is 0 Å². The Balaban J connectivity index is 1.51. The average Bonchev–Trinajstić information content (AvgIpc) is 3.21. The third kappa shape index (κ3) is 4.63. The molecule has 0 spiro atoms. The molecule has 0 bridgehead atoms. The summed E-state index contributed by atoms with van der Waals surface area (Å²) in [4.78, 5) is 26.1. The average molecular weight is 352 g/mol. The van der Waals surface area contributed by atoms with E-state index in [4.69, 9.17) is 4.74 Å². The third-order valence-corrected chi connectivity index (χ3v) is 4.62. The number of nitrogens with zero attached hydrogens (tertiary/aromatic N) is 1. The van der Waals surface area contributed by atoms with Crippen LogP contribution in [-0.2, 0) is 16.0 Å². The Morgan fingerprint density at radius 3 is 2.50 bits per heavy atom. The number of anilines is 2. The van der Waals surface area contributed by atoms with Gasteiger partial charge in [-0.25, -0.2) is 4.79 Å². The molecule has 3 rings (SSSR count). The quantitative estimate of drug-likeness (QED) is 0.807. The molecule has 0 unspecified atom stereocenters. The molecule has 136 valence electrons. The number of hydrogen-bond donors (Lipinski definition) is 1. The molecular formula is C21H24N2O3. The predicted octanol–water partition coefficient (Wildman–Crippen LogP) is 3.64. The fourth-order valence-corrected chi connectivity index (χ4v) is 3.17. The fraction of sp³-hybridized carbons (Fsp3) is 0.333. The van der Waals surface area contributed by atoms with Crippen LogP contribution in [0.4, 0.5) is 11.4 Å². The van der Waals surface area contributed by atoms with E-state index >= 15 is 0 Å². The molecule has 0 radical (unpaired) electrons. The van der Waals surface area contributed by atoms with Gasteiger partial charge in [-0.3, -0.25) is 4.79 Å². The largest absolute Gasteiger partial charge is 0.465 e. The third-order valence-electron chi connectivity index (χ3n) is 4.62. The number of carbonyl (C=O) groups is 2. The molecule has 2 aromatic rings. The first-order valence-electron chi connectivity index (χ1n) is 8.98. The van der Waals surface area contributed by atoms with Gasteiger partial charge < -0.3 is 15.0 Å². The van der Waals surface area contributed by atoms with Gasteiger partial charge in [-0.2, -0.15) is 0 Å². The van der Waals surface area contributed by atoms with Gasteiger partial charge in [-0.15, -0.1) is 0 Å². The molecule has 1 amide bonds. The number of carbonyl (C=O) groups excluding carboxylic acids is 2. The van der Waals surface area contributed by atoms with Crippen molar-refractivity contribution in [2.24, 2.45) is 0 Å². The van der Waals surface area contributed by atoms with Crippen molar-refractivity contribution in [3.05, 3.63) is 59.7 Å². The molecule has 1 heterocycles. The highest BCUT2D eigenvalue weighted by atomic mass is 16.5. The minimum atomic E-state index is -0.417. The Morgan fingerprint density at radius 1 is 1.08 bits per heavy atom. The van der Waals surface area contributed by atoms with E-state index in [1.165, 1.54) is 25.6 Å². The van der Waals surface area contributed by atoms with Gasteiger partial charge in [0, 0.05) is 30.9 Å². The van der Waals surface area contributed by atoms with Crippen molar-refractivity contribution < 1.29 is 14.3 Å². The van der Waals surface area contributed by atoms with Crippen LogP contribution in [0.25, 0.3) is 0 Å². The van der Waals surface area contributed by atoms with Gasteiger partial charge >= 0.3 is 5.97 Å². The monoisotopic (exact) mass is 352 g/mol. The molecule has 2 aromatic carbocycles. The zero-order chi connectivity index (χ0) is 18.4. The number of amides is 1. The Kier molecular flexibility index (Phi) is 5.89. The van der Waals surface area contributed by atoms with Crippen molar-refractivity contribution in [1.29, 1.82) is 0 Å². The molecule has 26 heavy (non-hydrogen) atoms. The van der Waals surface area contributed by atoms with Crippen molar-refractivity contribution in [2.45, 2.75) is 25.7 Å². The first kappa shape index (κ1) is 18.0. The van der Waals surface area contributed by atoms with Crippen molar-refractivity contribution >= 4 is 23.3 Å². The lowest BCUT2D eigenvalue weighted by Crippen LogP contribution is -2.17. The van der Waals surface area contributed by atoms with Gasteiger partial charge in [0.25, 0.3) is 0 Å². The maximum absolute atomic E-state index is 12.2. The summed E-state index contributed by atoms with van der Waals surface area (Å²) in [5.41, 5.74) is 3.42. The Hall–Kier alpha value is -2.82. The first-order chi connectivity index (χ1) is 12.7. The van der Waals surface area contributed by atoms with E-state index in [2.05, 4.69) is 34.5 Å². The maximum Gasteiger partial charge on any atom is 0.337 e. The topological polar surface area (TPSA) is 58.6 Å². The summed E-state index contributed by atoms with van der Waals surface area (Å²) in [6.45, 7) is 2.26. The van der Waals surface area contributed by atoms with Crippen LogP contribution in [0.3, 0.4) is 0 Å². The van der Waals surface area contributed by atoms with Crippen LogP contribution >= 0.6 is 0 Å². The lowest BCUT2D eigenvalue weighted by Gasteiger charge is -2.17. The predicted molar refractivity (Wildman–Crippen MR) is 103 cm³/mol. The molecule has 0 aromatic heterocycles. The van der Waals surface area contributed by atoms with Crippen LogP contribution in [0.5, 0.6) is 0 Å². The highest BCUT2D eigenvalue weighted by Crippen LogP contribution is 2.21. The number of aryl methyl sites for hydroxylation is 1. The minimum absolute atomic E-state index is 0.0735. The van der Waals surface area contributed by atoms with E-state index in [0.29, 0.717) is 24.1 Å². The number of benzene rings is 2. The highest BCUT2D eigenvalue weighted by molar-refractivity contribution is 5.94. The van der Waals surface area contributed by atoms with Gasteiger partial charge in [-0.1, -0.05) is 18.2 Å². The van der Waals surface area contributed by atoms with E-state index < -0.39 is 5.97 Å². The molecule has 1 N–H and O–H groups in total. The zero-order valence-corrected chi connectivity index (χ0v) is 15.0. The number of rotatable bonds is 6. The maximum atomic E-state index is 12.2. The molecule has 1 fully saturated rings. The number of ether oxygens (including phenoxy) is 1.